The highest BCUT2D eigenvalue weighted by atomic mass is 32.2. The van der Waals surface area contributed by atoms with E-state index in [0.29, 0.717) is 26.7 Å². The summed E-state index contributed by atoms with van der Waals surface area (Å²) in [6.07, 6.45) is 0.889. The number of anilines is 1. The molecule has 0 bridgehead atoms. The van der Waals surface area contributed by atoms with Crippen molar-refractivity contribution in [3.63, 3.8) is 0 Å². The quantitative estimate of drug-likeness (QED) is 0.486. The number of hydrogen-bond donors (Lipinski definition) is 1. The second-order valence-corrected chi connectivity index (χ2v) is 8.89. The highest BCUT2D eigenvalue weighted by Gasteiger charge is 2.44. The van der Waals surface area contributed by atoms with Crippen LogP contribution in [0.15, 0.2) is 46.1 Å². The largest absolute Gasteiger partial charge is 0.300 e. The predicted molar refractivity (Wildman–Crippen MR) is 99.7 cm³/mol. The minimum absolute atomic E-state index is 0.000189. The van der Waals surface area contributed by atoms with Gasteiger partial charge in [0.25, 0.3) is 0 Å². The molecule has 2 aromatic heterocycles. The van der Waals surface area contributed by atoms with Gasteiger partial charge in [0, 0.05) is 22.5 Å². The van der Waals surface area contributed by atoms with Crippen molar-refractivity contribution in [2.45, 2.75) is 22.4 Å². The van der Waals surface area contributed by atoms with Gasteiger partial charge in [0.2, 0.25) is 11.0 Å². The van der Waals surface area contributed by atoms with E-state index in [1.807, 2.05) is 17.5 Å². The van der Waals surface area contributed by atoms with Gasteiger partial charge in [-0.1, -0.05) is 47.4 Å². The normalized spacial score (nSPS) is 18.9. The fraction of sp³-hybridized carbons (Fsp3) is 0.235. The molecule has 1 N–H and O–H groups in total. The molecule has 4 rings (SSSR count). The second-order valence-electron chi connectivity index (χ2n) is 5.71. The van der Waals surface area contributed by atoms with Crippen LogP contribution in [-0.2, 0) is 10.5 Å². The van der Waals surface area contributed by atoms with Crippen molar-refractivity contribution >= 4 is 45.5 Å². The van der Waals surface area contributed by atoms with Crippen LogP contribution in [0.5, 0.6) is 0 Å². The fourth-order valence-corrected chi connectivity index (χ4v) is 5.22. The van der Waals surface area contributed by atoms with Crippen LogP contribution >= 0.6 is 34.4 Å². The van der Waals surface area contributed by atoms with E-state index in [1.165, 1.54) is 34.0 Å². The molecule has 0 saturated heterocycles. The lowest BCUT2D eigenvalue weighted by atomic mass is 10.2. The highest BCUT2D eigenvalue weighted by molar-refractivity contribution is 8.00. The zero-order valence-corrected chi connectivity index (χ0v) is 15.5. The van der Waals surface area contributed by atoms with Gasteiger partial charge in [0.05, 0.1) is 0 Å². The predicted octanol–water partition coefficient (Wildman–Crippen LogP) is 4.77. The summed E-state index contributed by atoms with van der Waals surface area (Å²) in [5, 5.41) is 13.5. The summed E-state index contributed by atoms with van der Waals surface area (Å²) in [7, 11) is 0. The van der Waals surface area contributed by atoms with Crippen molar-refractivity contribution in [1.29, 1.82) is 0 Å². The molecule has 4 nitrogen and oxygen atoms in total. The zero-order chi connectivity index (χ0) is 17.2. The molecule has 1 aliphatic rings. The minimum atomic E-state index is -0.221. The van der Waals surface area contributed by atoms with Gasteiger partial charge in [-0.15, -0.1) is 21.5 Å². The van der Waals surface area contributed by atoms with E-state index in [-0.39, 0.29) is 17.6 Å². The lowest BCUT2D eigenvalue weighted by Gasteiger charge is -2.00. The van der Waals surface area contributed by atoms with E-state index >= 15 is 0 Å². The molecule has 1 amide bonds. The van der Waals surface area contributed by atoms with E-state index in [9.17, 15) is 9.18 Å². The maximum Gasteiger partial charge on any atom is 0.229 e. The summed E-state index contributed by atoms with van der Waals surface area (Å²) >= 11 is 4.42. The van der Waals surface area contributed by atoms with Crippen LogP contribution in [0.4, 0.5) is 9.52 Å². The summed E-state index contributed by atoms with van der Waals surface area (Å²) in [5.74, 6) is 0.625. The number of nitrogens with zero attached hydrogens (tertiary/aromatic N) is 2. The molecule has 25 heavy (non-hydrogen) atoms. The third-order valence-electron chi connectivity index (χ3n) is 3.98. The third kappa shape index (κ3) is 3.91. The number of carbonyl (C=O) groups is 1. The molecule has 1 saturated carbocycles. The van der Waals surface area contributed by atoms with Crippen LogP contribution in [0.1, 0.15) is 22.8 Å². The molecular formula is C17H14FN3OS3. The van der Waals surface area contributed by atoms with Gasteiger partial charge >= 0.3 is 0 Å². The number of hydrogen-bond acceptors (Lipinski definition) is 6. The molecule has 128 valence electrons. The summed E-state index contributed by atoms with van der Waals surface area (Å²) in [6.45, 7) is 0. The third-order valence-corrected chi connectivity index (χ3v) is 7.01. The molecular weight excluding hydrogens is 377 g/mol. The average Bonchev–Trinajstić information content (AvgIpc) is 3.02. The highest BCUT2D eigenvalue weighted by Crippen LogP contribution is 2.49. The number of thioether (sulfide) groups is 1. The van der Waals surface area contributed by atoms with E-state index in [2.05, 4.69) is 21.6 Å². The lowest BCUT2D eigenvalue weighted by molar-refractivity contribution is -0.117. The molecule has 2 unspecified atom stereocenters. The Hall–Kier alpha value is -1.77. The van der Waals surface area contributed by atoms with E-state index in [1.54, 1.807) is 23.5 Å². The molecule has 8 heteroatoms. The van der Waals surface area contributed by atoms with Crippen LogP contribution in [0.3, 0.4) is 0 Å². The van der Waals surface area contributed by atoms with Gasteiger partial charge in [0.1, 0.15) is 5.82 Å². The summed E-state index contributed by atoms with van der Waals surface area (Å²) in [6, 6.07) is 10.8. The van der Waals surface area contributed by atoms with Crippen molar-refractivity contribution in [1.82, 2.24) is 10.2 Å². The Kier molecular flexibility index (Phi) is 4.82. The first-order valence-electron chi connectivity index (χ1n) is 7.74. The number of carbonyl (C=O) groups excluding carboxylic acids is 1. The van der Waals surface area contributed by atoms with Gasteiger partial charge in [-0.2, -0.15) is 0 Å². The van der Waals surface area contributed by atoms with Gasteiger partial charge in [-0.25, -0.2) is 4.39 Å². The standard InChI is InChI=1S/C17H14FN3OS3/c18-13-5-2-1-4-10(13)9-24-17-21-20-16(25-17)19-15(22)12-8-11(12)14-6-3-7-23-14/h1-7,11-12H,8-9H2,(H,19,20,22). The van der Waals surface area contributed by atoms with Crippen LogP contribution in [0.2, 0.25) is 0 Å². The Labute approximate surface area is 156 Å². The van der Waals surface area contributed by atoms with Crippen molar-refractivity contribution in [3.05, 3.63) is 58.0 Å². The van der Waals surface area contributed by atoms with Crippen LogP contribution in [0.25, 0.3) is 0 Å². The monoisotopic (exact) mass is 391 g/mol. The molecule has 3 aromatic rings. The SMILES string of the molecule is O=C(Nc1nnc(SCc2ccccc2F)s1)C1CC1c1cccs1. The Balaban J connectivity index is 1.31. The van der Waals surface area contributed by atoms with Crippen molar-refractivity contribution in [3.8, 4) is 0 Å². The number of halogens is 1. The van der Waals surface area contributed by atoms with Crippen LogP contribution < -0.4 is 5.32 Å². The average molecular weight is 392 g/mol. The molecule has 1 fully saturated rings. The summed E-state index contributed by atoms with van der Waals surface area (Å²) in [5.41, 5.74) is 0.630. The first kappa shape index (κ1) is 16.7. The van der Waals surface area contributed by atoms with Gasteiger partial charge in [0.15, 0.2) is 4.34 Å². The number of nitrogens with one attached hydrogen (secondary N) is 1. The molecule has 2 atom stereocenters. The first-order chi connectivity index (χ1) is 12.2. The molecule has 1 aliphatic carbocycles. The van der Waals surface area contributed by atoms with Crippen molar-refractivity contribution < 1.29 is 9.18 Å². The molecule has 1 aromatic carbocycles. The number of aromatic nitrogens is 2. The van der Waals surface area contributed by atoms with Gasteiger partial charge in [-0.3, -0.25) is 4.79 Å². The number of rotatable bonds is 6. The molecule has 2 heterocycles. The van der Waals surface area contributed by atoms with E-state index in [4.69, 9.17) is 0 Å². The van der Waals surface area contributed by atoms with Crippen LogP contribution in [0, 0.1) is 11.7 Å². The molecule has 0 radical (unpaired) electrons. The number of amides is 1. The minimum Gasteiger partial charge on any atom is -0.300 e. The number of benzene rings is 1. The van der Waals surface area contributed by atoms with Crippen molar-refractivity contribution in [2.75, 3.05) is 5.32 Å². The number of thiophene rings is 1. The summed E-state index contributed by atoms with van der Waals surface area (Å²) in [4.78, 5) is 13.6. The molecule has 0 aliphatic heterocycles. The summed E-state index contributed by atoms with van der Waals surface area (Å²) < 4.78 is 14.3. The second kappa shape index (κ2) is 7.23. The van der Waals surface area contributed by atoms with E-state index < -0.39 is 0 Å². The Morgan fingerprint density at radius 1 is 1.28 bits per heavy atom. The maximum atomic E-state index is 13.6. The fourth-order valence-electron chi connectivity index (χ4n) is 2.57. The van der Waals surface area contributed by atoms with Crippen LogP contribution in [-0.4, -0.2) is 16.1 Å². The Bertz CT molecular complexity index is 881. The topological polar surface area (TPSA) is 54.9 Å². The van der Waals surface area contributed by atoms with Gasteiger partial charge in [-0.05, 0) is 29.5 Å². The zero-order valence-electron chi connectivity index (χ0n) is 13.0. The van der Waals surface area contributed by atoms with E-state index in [0.717, 1.165) is 6.42 Å². The maximum absolute atomic E-state index is 13.6. The van der Waals surface area contributed by atoms with Crippen molar-refractivity contribution in [2.24, 2.45) is 5.92 Å². The molecule has 0 spiro atoms. The lowest BCUT2D eigenvalue weighted by Crippen LogP contribution is -2.14. The first-order valence-corrected chi connectivity index (χ1v) is 10.4. The van der Waals surface area contributed by atoms with Gasteiger partial charge < -0.3 is 5.32 Å². The Morgan fingerprint density at radius 3 is 2.96 bits per heavy atom. The Morgan fingerprint density at radius 2 is 2.16 bits per heavy atom. The smallest absolute Gasteiger partial charge is 0.229 e.